The van der Waals surface area contributed by atoms with Crippen molar-refractivity contribution in [3.05, 3.63) is 34.4 Å². The van der Waals surface area contributed by atoms with E-state index in [1.54, 1.807) is 26.0 Å². The Kier molecular flexibility index (Phi) is 4.44. The van der Waals surface area contributed by atoms with Crippen LogP contribution in [0.2, 0.25) is 0 Å². The van der Waals surface area contributed by atoms with Gasteiger partial charge in [0.25, 0.3) is 0 Å². The minimum Gasteiger partial charge on any atom is -0.481 e. The van der Waals surface area contributed by atoms with E-state index in [9.17, 15) is 9.59 Å². The highest BCUT2D eigenvalue weighted by Crippen LogP contribution is 2.24. The quantitative estimate of drug-likeness (QED) is 0.785. The lowest BCUT2D eigenvalue weighted by Crippen LogP contribution is -2.22. The van der Waals surface area contributed by atoms with Crippen molar-refractivity contribution in [1.29, 1.82) is 0 Å². The third-order valence-electron chi connectivity index (χ3n) is 2.93. The minimum absolute atomic E-state index is 0.0140. The second-order valence-electron chi connectivity index (χ2n) is 4.14. The van der Waals surface area contributed by atoms with Gasteiger partial charge in [-0.1, -0.05) is 6.07 Å². The molecule has 0 aromatic heterocycles. The summed E-state index contributed by atoms with van der Waals surface area (Å²) < 4.78 is 4.67. The van der Waals surface area contributed by atoms with Crippen LogP contribution in [0.15, 0.2) is 12.1 Å². The van der Waals surface area contributed by atoms with E-state index in [2.05, 4.69) is 4.74 Å². The van der Waals surface area contributed by atoms with Gasteiger partial charge in [0.2, 0.25) is 0 Å². The number of nitrogens with two attached hydrogens (primary N) is 1. The highest BCUT2D eigenvalue weighted by molar-refractivity contribution is 5.92. The number of carboxylic acid groups (broad SMARTS) is 1. The number of rotatable bonds is 4. The number of hydrogen-bond acceptors (Lipinski definition) is 4. The van der Waals surface area contributed by atoms with Gasteiger partial charge < -0.3 is 15.6 Å². The second-order valence-corrected chi connectivity index (χ2v) is 4.14. The fourth-order valence-electron chi connectivity index (χ4n) is 1.94. The number of aliphatic carboxylic acids is 1. The lowest BCUT2D eigenvalue weighted by atomic mass is 9.91. The average molecular weight is 251 g/mol. The molecule has 0 bridgehead atoms. The molecule has 0 aliphatic rings. The molecular formula is C13H17NO4. The van der Waals surface area contributed by atoms with Crippen LogP contribution in [0.4, 0.5) is 0 Å². The molecule has 1 rings (SSSR count). The second kappa shape index (κ2) is 5.64. The Labute approximate surface area is 106 Å². The van der Waals surface area contributed by atoms with E-state index in [-0.39, 0.29) is 6.54 Å². The minimum atomic E-state index is -1.000. The smallest absolute Gasteiger partial charge is 0.338 e. The fourth-order valence-corrected chi connectivity index (χ4v) is 1.94. The van der Waals surface area contributed by atoms with Crippen LogP contribution in [0.25, 0.3) is 0 Å². The van der Waals surface area contributed by atoms with Gasteiger partial charge in [0, 0.05) is 6.54 Å². The SMILES string of the molecule is COC(=O)c1cc(C(CN)C(=O)O)c(C)cc1C. The lowest BCUT2D eigenvalue weighted by Gasteiger charge is -2.16. The third kappa shape index (κ3) is 2.68. The van der Waals surface area contributed by atoms with Gasteiger partial charge in [-0.3, -0.25) is 4.79 Å². The molecule has 5 heteroatoms. The van der Waals surface area contributed by atoms with Crippen LogP contribution in [0.3, 0.4) is 0 Å². The standard InChI is InChI=1S/C13H17NO4/c1-7-4-8(2)10(13(17)18-3)5-9(7)11(6-14)12(15)16/h4-5,11H,6,14H2,1-3H3,(H,15,16). The topological polar surface area (TPSA) is 89.6 Å². The van der Waals surface area contributed by atoms with Gasteiger partial charge in [0.15, 0.2) is 0 Å². The summed E-state index contributed by atoms with van der Waals surface area (Å²) in [6.07, 6.45) is 0. The number of ether oxygens (including phenoxy) is 1. The van der Waals surface area contributed by atoms with Crippen LogP contribution in [0.1, 0.15) is 33.0 Å². The van der Waals surface area contributed by atoms with Gasteiger partial charge in [0.05, 0.1) is 18.6 Å². The number of methoxy groups -OCH3 is 1. The monoisotopic (exact) mass is 251 g/mol. The van der Waals surface area contributed by atoms with Crippen LogP contribution in [-0.4, -0.2) is 30.7 Å². The van der Waals surface area contributed by atoms with Gasteiger partial charge >= 0.3 is 11.9 Å². The van der Waals surface area contributed by atoms with E-state index in [0.717, 1.165) is 11.1 Å². The molecule has 1 atom stereocenters. The van der Waals surface area contributed by atoms with E-state index < -0.39 is 17.9 Å². The molecule has 0 aliphatic heterocycles. The summed E-state index contributed by atoms with van der Waals surface area (Å²) >= 11 is 0. The Hall–Kier alpha value is -1.88. The Balaban J connectivity index is 3.36. The molecule has 0 fully saturated rings. The molecule has 18 heavy (non-hydrogen) atoms. The van der Waals surface area contributed by atoms with Crippen LogP contribution in [0.5, 0.6) is 0 Å². The van der Waals surface area contributed by atoms with Gasteiger partial charge in [-0.2, -0.15) is 0 Å². The highest BCUT2D eigenvalue weighted by atomic mass is 16.5. The van der Waals surface area contributed by atoms with Crippen molar-refractivity contribution in [2.75, 3.05) is 13.7 Å². The Morgan fingerprint density at radius 2 is 1.94 bits per heavy atom. The molecule has 98 valence electrons. The summed E-state index contributed by atoms with van der Waals surface area (Å²) in [4.78, 5) is 22.7. The zero-order valence-corrected chi connectivity index (χ0v) is 10.7. The van der Waals surface area contributed by atoms with Crippen molar-refractivity contribution in [2.45, 2.75) is 19.8 Å². The zero-order valence-electron chi connectivity index (χ0n) is 10.7. The molecular weight excluding hydrogens is 234 g/mol. The number of hydrogen-bond donors (Lipinski definition) is 2. The van der Waals surface area contributed by atoms with E-state index in [0.29, 0.717) is 11.1 Å². The first kappa shape index (κ1) is 14.2. The number of aryl methyl sites for hydroxylation is 2. The predicted octanol–water partition coefficient (Wildman–Crippen LogP) is 1.22. The first-order valence-corrected chi connectivity index (χ1v) is 5.54. The summed E-state index contributed by atoms with van der Waals surface area (Å²) in [5, 5.41) is 9.11. The Morgan fingerprint density at radius 3 is 2.39 bits per heavy atom. The maximum absolute atomic E-state index is 11.6. The van der Waals surface area contributed by atoms with E-state index in [1.807, 2.05) is 0 Å². The van der Waals surface area contributed by atoms with Crippen LogP contribution in [-0.2, 0) is 9.53 Å². The maximum atomic E-state index is 11.6. The van der Waals surface area contributed by atoms with Crippen LogP contribution < -0.4 is 5.73 Å². The number of carbonyl (C=O) groups is 2. The molecule has 0 saturated heterocycles. The summed E-state index contributed by atoms with van der Waals surface area (Å²) in [7, 11) is 1.29. The number of carbonyl (C=O) groups excluding carboxylic acids is 1. The first-order chi connectivity index (χ1) is 8.42. The summed E-state index contributed by atoms with van der Waals surface area (Å²) in [5.74, 6) is -2.29. The van der Waals surface area contributed by atoms with Crippen molar-refractivity contribution in [2.24, 2.45) is 5.73 Å². The number of benzene rings is 1. The van der Waals surface area contributed by atoms with E-state index in [1.165, 1.54) is 7.11 Å². The van der Waals surface area contributed by atoms with E-state index in [4.69, 9.17) is 10.8 Å². The molecule has 0 amide bonds. The number of esters is 1. The molecule has 3 N–H and O–H groups in total. The molecule has 0 heterocycles. The third-order valence-corrected chi connectivity index (χ3v) is 2.93. The average Bonchev–Trinajstić information content (AvgIpc) is 2.31. The Morgan fingerprint density at radius 1 is 1.33 bits per heavy atom. The van der Waals surface area contributed by atoms with Crippen molar-refractivity contribution < 1.29 is 19.4 Å². The van der Waals surface area contributed by atoms with Gasteiger partial charge in [-0.15, -0.1) is 0 Å². The van der Waals surface area contributed by atoms with Crippen LogP contribution in [0, 0.1) is 13.8 Å². The largest absolute Gasteiger partial charge is 0.481 e. The summed E-state index contributed by atoms with van der Waals surface area (Å²) in [6, 6.07) is 3.33. The van der Waals surface area contributed by atoms with Crippen molar-refractivity contribution in [1.82, 2.24) is 0 Å². The van der Waals surface area contributed by atoms with Crippen LogP contribution >= 0.6 is 0 Å². The zero-order chi connectivity index (χ0) is 13.9. The molecule has 0 aliphatic carbocycles. The first-order valence-electron chi connectivity index (χ1n) is 5.54. The fraction of sp³-hybridized carbons (Fsp3) is 0.385. The maximum Gasteiger partial charge on any atom is 0.338 e. The van der Waals surface area contributed by atoms with Crippen molar-refractivity contribution in [3.8, 4) is 0 Å². The van der Waals surface area contributed by atoms with E-state index >= 15 is 0 Å². The van der Waals surface area contributed by atoms with Crippen molar-refractivity contribution in [3.63, 3.8) is 0 Å². The normalized spacial score (nSPS) is 12.0. The molecule has 5 nitrogen and oxygen atoms in total. The Bertz CT molecular complexity index is 482. The highest BCUT2D eigenvalue weighted by Gasteiger charge is 2.22. The molecule has 1 aromatic rings. The molecule has 1 aromatic carbocycles. The summed E-state index contributed by atoms with van der Waals surface area (Å²) in [6.45, 7) is 3.57. The predicted molar refractivity (Wildman–Crippen MR) is 66.7 cm³/mol. The molecule has 0 saturated carbocycles. The van der Waals surface area contributed by atoms with Crippen molar-refractivity contribution >= 4 is 11.9 Å². The van der Waals surface area contributed by atoms with Gasteiger partial charge in [0.1, 0.15) is 0 Å². The number of carboxylic acids is 1. The lowest BCUT2D eigenvalue weighted by molar-refractivity contribution is -0.138. The summed E-state index contributed by atoms with van der Waals surface area (Å²) in [5.41, 5.74) is 7.96. The molecule has 0 radical (unpaired) electrons. The van der Waals surface area contributed by atoms with Gasteiger partial charge in [-0.25, -0.2) is 4.79 Å². The molecule has 1 unspecified atom stereocenters. The molecule has 0 spiro atoms. The van der Waals surface area contributed by atoms with Gasteiger partial charge in [-0.05, 0) is 36.6 Å².